The number of amides is 2. The molecule has 0 saturated heterocycles. The van der Waals surface area contributed by atoms with Gasteiger partial charge in [-0.05, 0) is 43.3 Å². The molecule has 0 aliphatic carbocycles. The molecule has 0 unspecified atom stereocenters. The van der Waals surface area contributed by atoms with E-state index in [1.807, 2.05) is 19.1 Å². The normalized spacial score (nSPS) is 10.6. The van der Waals surface area contributed by atoms with Crippen molar-refractivity contribution in [3.8, 4) is 5.75 Å². The number of rotatable bonds is 4. The molecule has 0 fully saturated rings. The summed E-state index contributed by atoms with van der Waals surface area (Å²) in [6.45, 7) is 1.82. The van der Waals surface area contributed by atoms with Gasteiger partial charge in [-0.2, -0.15) is 0 Å². The van der Waals surface area contributed by atoms with Crippen molar-refractivity contribution in [2.45, 2.75) is 6.92 Å². The highest BCUT2D eigenvalue weighted by Crippen LogP contribution is 2.30. The molecule has 134 valence electrons. The van der Waals surface area contributed by atoms with Crippen LogP contribution in [0.4, 0.5) is 5.69 Å². The predicted molar refractivity (Wildman–Crippen MR) is 103 cm³/mol. The number of methoxy groups -OCH3 is 1. The van der Waals surface area contributed by atoms with Crippen LogP contribution < -0.4 is 15.4 Å². The molecule has 0 radical (unpaired) electrons. The molecule has 0 spiro atoms. The fourth-order valence-electron chi connectivity index (χ4n) is 2.68. The third-order valence-electron chi connectivity index (χ3n) is 4.04. The number of hydrogen-bond donors (Lipinski definition) is 2. The first-order valence-corrected chi connectivity index (χ1v) is 8.64. The van der Waals surface area contributed by atoms with Gasteiger partial charge < -0.3 is 19.8 Å². The van der Waals surface area contributed by atoms with Gasteiger partial charge in [0, 0.05) is 28.0 Å². The molecule has 6 nitrogen and oxygen atoms in total. The van der Waals surface area contributed by atoms with E-state index < -0.39 is 5.91 Å². The Bertz CT molecular complexity index is 1010. The lowest BCUT2D eigenvalue weighted by Crippen LogP contribution is -2.19. The van der Waals surface area contributed by atoms with E-state index in [0.29, 0.717) is 22.6 Å². The summed E-state index contributed by atoms with van der Waals surface area (Å²) in [6.07, 6.45) is 0. The Labute approximate surface area is 158 Å². The second-order valence-corrected chi connectivity index (χ2v) is 6.56. The fourth-order valence-corrected chi connectivity index (χ4v) is 3.04. The number of hydrogen-bond acceptors (Lipinski definition) is 4. The number of carbonyl (C=O) groups is 2. The fraction of sp³-hybridized carbons (Fsp3) is 0.158. The van der Waals surface area contributed by atoms with Crippen molar-refractivity contribution in [2.24, 2.45) is 0 Å². The van der Waals surface area contributed by atoms with Gasteiger partial charge in [0.1, 0.15) is 11.3 Å². The van der Waals surface area contributed by atoms with E-state index in [1.54, 1.807) is 31.3 Å². The molecule has 0 aliphatic heterocycles. The van der Waals surface area contributed by atoms with Gasteiger partial charge in [0.15, 0.2) is 5.76 Å². The van der Waals surface area contributed by atoms with Crippen molar-refractivity contribution in [1.82, 2.24) is 5.32 Å². The minimum Gasteiger partial charge on any atom is -0.495 e. The molecule has 2 aromatic carbocycles. The van der Waals surface area contributed by atoms with Crippen molar-refractivity contribution < 1.29 is 18.7 Å². The molecule has 0 saturated carbocycles. The Morgan fingerprint density at radius 1 is 1.12 bits per heavy atom. The molecule has 1 aromatic heterocycles. The number of benzene rings is 2. The van der Waals surface area contributed by atoms with Crippen LogP contribution >= 0.6 is 15.9 Å². The molecule has 3 aromatic rings. The third kappa shape index (κ3) is 3.30. The van der Waals surface area contributed by atoms with Gasteiger partial charge in [0.25, 0.3) is 11.8 Å². The molecule has 26 heavy (non-hydrogen) atoms. The van der Waals surface area contributed by atoms with Gasteiger partial charge in [-0.1, -0.05) is 15.9 Å². The first-order chi connectivity index (χ1) is 12.4. The topological polar surface area (TPSA) is 80.6 Å². The molecular formula is C19H17BrN2O4. The predicted octanol–water partition coefficient (Wildman–Crippen LogP) is 4.12. The van der Waals surface area contributed by atoms with Gasteiger partial charge in [-0.3, -0.25) is 9.59 Å². The Kier molecular flexibility index (Phi) is 4.99. The van der Waals surface area contributed by atoms with Gasteiger partial charge in [-0.15, -0.1) is 0 Å². The van der Waals surface area contributed by atoms with Gasteiger partial charge in [0.2, 0.25) is 0 Å². The number of nitrogens with one attached hydrogen (secondary N) is 2. The van der Waals surface area contributed by atoms with E-state index in [0.717, 1.165) is 15.4 Å². The van der Waals surface area contributed by atoms with Crippen molar-refractivity contribution in [1.29, 1.82) is 0 Å². The Balaban J connectivity index is 1.97. The van der Waals surface area contributed by atoms with E-state index in [-0.39, 0.29) is 11.7 Å². The van der Waals surface area contributed by atoms with E-state index >= 15 is 0 Å². The summed E-state index contributed by atoms with van der Waals surface area (Å²) in [5, 5.41) is 6.17. The number of furan rings is 1. The van der Waals surface area contributed by atoms with Crippen LogP contribution in [0.1, 0.15) is 26.5 Å². The maximum absolute atomic E-state index is 12.7. The van der Waals surface area contributed by atoms with E-state index in [4.69, 9.17) is 9.15 Å². The number of halogens is 1. The van der Waals surface area contributed by atoms with Crippen LogP contribution in [0.5, 0.6) is 5.75 Å². The first-order valence-electron chi connectivity index (χ1n) is 7.84. The number of fused-ring (bicyclic) bond motifs is 1. The largest absolute Gasteiger partial charge is 0.495 e. The SMILES string of the molecule is CNC(=O)c1ccc(OC)c(NC(=O)c2oc3ccc(Br)cc3c2C)c1. The van der Waals surface area contributed by atoms with Crippen LogP contribution in [0.25, 0.3) is 11.0 Å². The highest BCUT2D eigenvalue weighted by Gasteiger charge is 2.20. The molecule has 0 atom stereocenters. The highest BCUT2D eigenvalue weighted by molar-refractivity contribution is 9.10. The highest BCUT2D eigenvalue weighted by atomic mass is 79.9. The lowest BCUT2D eigenvalue weighted by molar-refractivity contribution is 0.0960. The van der Waals surface area contributed by atoms with Crippen molar-refractivity contribution in [3.05, 3.63) is 57.8 Å². The van der Waals surface area contributed by atoms with Crippen LogP contribution in [-0.4, -0.2) is 26.0 Å². The van der Waals surface area contributed by atoms with Crippen molar-refractivity contribution in [2.75, 3.05) is 19.5 Å². The summed E-state index contributed by atoms with van der Waals surface area (Å²) < 4.78 is 11.9. The Morgan fingerprint density at radius 2 is 1.88 bits per heavy atom. The summed E-state index contributed by atoms with van der Waals surface area (Å²) in [7, 11) is 3.04. The Hall–Kier alpha value is -2.80. The number of anilines is 1. The van der Waals surface area contributed by atoms with Crippen LogP contribution in [-0.2, 0) is 0 Å². The average Bonchev–Trinajstić information content (AvgIpc) is 2.97. The second-order valence-electron chi connectivity index (χ2n) is 5.64. The Morgan fingerprint density at radius 3 is 2.58 bits per heavy atom. The molecule has 7 heteroatoms. The van der Waals surface area contributed by atoms with Crippen LogP contribution in [0.15, 0.2) is 45.3 Å². The van der Waals surface area contributed by atoms with Gasteiger partial charge in [-0.25, -0.2) is 0 Å². The van der Waals surface area contributed by atoms with E-state index in [1.165, 1.54) is 7.11 Å². The molecule has 0 aliphatic rings. The minimum absolute atomic E-state index is 0.213. The molecule has 3 rings (SSSR count). The maximum Gasteiger partial charge on any atom is 0.291 e. The van der Waals surface area contributed by atoms with Crippen molar-refractivity contribution >= 4 is 44.4 Å². The second kappa shape index (κ2) is 7.21. The standard InChI is InChI=1S/C19H17BrN2O4/c1-10-13-9-12(20)5-7-15(13)26-17(10)19(24)22-14-8-11(18(23)21-2)4-6-16(14)25-3/h4-9H,1-3H3,(H,21,23)(H,22,24). The number of aryl methyl sites for hydroxylation is 1. The third-order valence-corrected chi connectivity index (χ3v) is 4.53. The molecular weight excluding hydrogens is 400 g/mol. The van der Waals surface area contributed by atoms with Crippen LogP contribution in [0.3, 0.4) is 0 Å². The molecule has 0 bridgehead atoms. The minimum atomic E-state index is -0.415. The number of carbonyl (C=O) groups excluding carboxylic acids is 2. The lowest BCUT2D eigenvalue weighted by atomic mass is 10.1. The summed E-state index contributed by atoms with van der Waals surface area (Å²) in [4.78, 5) is 24.6. The zero-order chi connectivity index (χ0) is 18.8. The molecule has 2 amide bonds. The molecule has 2 N–H and O–H groups in total. The number of ether oxygens (including phenoxy) is 1. The lowest BCUT2D eigenvalue weighted by Gasteiger charge is -2.11. The summed E-state index contributed by atoms with van der Waals surface area (Å²) in [6, 6.07) is 10.4. The quantitative estimate of drug-likeness (QED) is 0.669. The monoisotopic (exact) mass is 416 g/mol. The average molecular weight is 417 g/mol. The van der Waals surface area contributed by atoms with E-state index in [9.17, 15) is 9.59 Å². The summed E-state index contributed by atoms with van der Waals surface area (Å²) in [5.41, 5.74) is 2.16. The first kappa shape index (κ1) is 18.0. The summed E-state index contributed by atoms with van der Waals surface area (Å²) in [5.74, 6) is -0.0110. The maximum atomic E-state index is 12.7. The summed E-state index contributed by atoms with van der Waals surface area (Å²) >= 11 is 3.42. The zero-order valence-electron chi connectivity index (χ0n) is 14.5. The smallest absolute Gasteiger partial charge is 0.291 e. The molecule has 1 heterocycles. The van der Waals surface area contributed by atoms with Gasteiger partial charge >= 0.3 is 0 Å². The van der Waals surface area contributed by atoms with Crippen molar-refractivity contribution in [3.63, 3.8) is 0 Å². The van der Waals surface area contributed by atoms with Crippen LogP contribution in [0, 0.1) is 6.92 Å². The van der Waals surface area contributed by atoms with E-state index in [2.05, 4.69) is 26.6 Å². The zero-order valence-corrected chi connectivity index (χ0v) is 16.1. The van der Waals surface area contributed by atoms with Crippen LogP contribution in [0.2, 0.25) is 0 Å². The van der Waals surface area contributed by atoms with Gasteiger partial charge in [0.05, 0.1) is 12.8 Å².